The summed E-state index contributed by atoms with van der Waals surface area (Å²) in [6.07, 6.45) is 0. The lowest BCUT2D eigenvalue weighted by molar-refractivity contribution is 0.0515. The molecule has 170 valence electrons. The maximum Gasteiger partial charge on any atom is 0.357 e. The van der Waals surface area contributed by atoms with E-state index in [4.69, 9.17) is 24.0 Å². The molecule has 1 saturated heterocycles. The molecule has 0 radical (unpaired) electrons. The predicted molar refractivity (Wildman–Crippen MR) is 133 cm³/mol. The van der Waals surface area contributed by atoms with Crippen molar-refractivity contribution in [2.45, 2.75) is 13.8 Å². The Kier molecular flexibility index (Phi) is 6.07. The highest BCUT2D eigenvalue weighted by atomic mass is 127. The number of aryl methyl sites for hydroxylation is 1. The Bertz CT molecular complexity index is 1320. The summed E-state index contributed by atoms with van der Waals surface area (Å²) in [7, 11) is 0. The molecule has 4 aromatic rings. The monoisotopic (exact) mass is 558 g/mol. The third-order valence-corrected chi connectivity index (χ3v) is 6.02. The number of hydrogen-bond donors (Lipinski definition) is 0. The first-order valence-electron chi connectivity index (χ1n) is 10.8. The zero-order chi connectivity index (χ0) is 22.9. The number of hydrogen-bond acceptors (Lipinski definition) is 7. The summed E-state index contributed by atoms with van der Waals surface area (Å²) >= 11 is 2.14. The molecule has 0 bridgehead atoms. The van der Waals surface area contributed by atoms with Crippen LogP contribution in [0, 0.1) is 10.7 Å². The molecule has 1 fully saturated rings. The molecular formula is C24H23IN4O4. The number of benzene rings is 1. The van der Waals surface area contributed by atoms with Gasteiger partial charge in [0.05, 0.1) is 31.2 Å². The number of rotatable bonds is 5. The van der Waals surface area contributed by atoms with Gasteiger partial charge in [0.1, 0.15) is 5.52 Å². The van der Waals surface area contributed by atoms with Crippen LogP contribution in [-0.2, 0) is 9.47 Å². The summed E-state index contributed by atoms with van der Waals surface area (Å²) in [5.41, 5.74) is 5.37. The summed E-state index contributed by atoms with van der Waals surface area (Å²) in [6, 6.07) is 13.6. The number of halogens is 1. The minimum Gasteiger partial charge on any atom is -0.461 e. The van der Waals surface area contributed by atoms with Gasteiger partial charge in [-0.15, -0.1) is 0 Å². The molecule has 0 amide bonds. The Balaban J connectivity index is 1.69. The highest BCUT2D eigenvalue weighted by molar-refractivity contribution is 14.1. The van der Waals surface area contributed by atoms with Crippen molar-refractivity contribution in [3.63, 3.8) is 0 Å². The SMILES string of the molecule is CCOC(=O)c1cc(-c2cccc(C)c2)nn1-c1cc(N2CCOCC2)c2oc(I)cc2n1. The average Bonchev–Trinajstić information content (AvgIpc) is 3.42. The molecule has 5 rings (SSSR count). The normalized spacial score (nSPS) is 14.1. The van der Waals surface area contributed by atoms with Crippen molar-refractivity contribution in [1.29, 1.82) is 0 Å². The highest BCUT2D eigenvalue weighted by Gasteiger charge is 2.24. The van der Waals surface area contributed by atoms with Crippen molar-refractivity contribution in [3.05, 3.63) is 57.5 Å². The molecule has 33 heavy (non-hydrogen) atoms. The second-order valence-corrected chi connectivity index (χ2v) is 8.84. The van der Waals surface area contributed by atoms with Crippen molar-refractivity contribution in [2.75, 3.05) is 37.8 Å². The topological polar surface area (TPSA) is 82.6 Å². The maximum atomic E-state index is 12.8. The minimum atomic E-state index is -0.444. The van der Waals surface area contributed by atoms with E-state index in [0.29, 0.717) is 41.5 Å². The van der Waals surface area contributed by atoms with E-state index in [2.05, 4.69) is 27.5 Å². The highest BCUT2D eigenvalue weighted by Crippen LogP contribution is 2.33. The number of esters is 1. The van der Waals surface area contributed by atoms with Crippen molar-refractivity contribution in [2.24, 2.45) is 0 Å². The van der Waals surface area contributed by atoms with Crippen molar-refractivity contribution < 1.29 is 18.7 Å². The average molecular weight is 558 g/mol. The van der Waals surface area contributed by atoms with Gasteiger partial charge in [0.25, 0.3) is 0 Å². The fourth-order valence-corrected chi connectivity index (χ4v) is 4.48. The summed E-state index contributed by atoms with van der Waals surface area (Å²) in [5.74, 6) is 0.0867. The van der Waals surface area contributed by atoms with Crippen molar-refractivity contribution in [1.82, 2.24) is 14.8 Å². The summed E-state index contributed by atoms with van der Waals surface area (Å²) < 4.78 is 19.1. The lowest BCUT2D eigenvalue weighted by Gasteiger charge is -2.29. The quantitative estimate of drug-likeness (QED) is 0.262. The second-order valence-electron chi connectivity index (χ2n) is 7.78. The molecule has 0 aliphatic carbocycles. The molecular weight excluding hydrogens is 535 g/mol. The van der Waals surface area contributed by atoms with E-state index in [-0.39, 0.29) is 6.61 Å². The Morgan fingerprint density at radius 2 is 2.00 bits per heavy atom. The molecule has 4 heterocycles. The molecule has 9 heteroatoms. The first kappa shape index (κ1) is 21.9. The van der Waals surface area contributed by atoms with E-state index in [0.717, 1.165) is 33.7 Å². The zero-order valence-electron chi connectivity index (χ0n) is 18.4. The minimum absolute atomic E-state index is 0.273. The first-order chi connectivity index (χ1) is 16.0. The molecule has 0 saturated carbocycles. The van der Waals surface area contributed by atoms with Crippen molar-refractivity contribution >= 4 is 45.3 Å². The number of furan rings is 1. The van der Waals surface area contributed by atoms with Gasteiger partial charge in [-0.1, -0.05) is 23.8 Å². The van der Waals surface area contributed by atoms with Crippen LogP contribution in [0.2, 0.25) is 0 Å². The number of nitrogens with zero attached hydrogens (tertiary/aromatic N) is 4. The van der Waals surface area contributed by atoms with E-state index in [1.165, 1.54) is 0 Å². The van der Waals surface area contributed by atoms with Crippen LogP contribution in [0.3, 0.4) is 0 Å². The number of aromatic nitrogens is 3. The van der Waals surface area contributed by atoms with Gasteiger partial charge >= 0.3 is 5.97 Å². The Hall–Kier alpha value is -2.92. The molecule has 8 nitrogen and oxygen atoms in total. The number of pyridine rings is 1. The number of ether oxygens (including phenoxy) is 2. The number of carbonyl (C=O) groups is 1. The molecule has 1 aliphatic rings. The van der Waals surface area contributed by atoms with Gasteiger partial charge in [-0.25, -0.2) is 14.5 Å². The van der Waals surface area contributed by atoms with E-state index >= 15 is 0 Å². The molecule has 1 aromatic carbocycles. The predicted octanol–water partition coefficient (Wildman–Crippen LogP) is 4.61. The molecule has 0 spiro atoms. The lowest BCUT2D eigenvalue weighted by Crippen LogP contribution is -2.36. The number of anilines is 1. The van der Waals surface area contributed by atoms with Crippen LogP contribution in [-0.4, -0.2) is 53.6 Å². The molecule has 1 aliphatic heterocycles. The Labute approximate surface area is 204 Å². The fraction of sp³-hybridized carbons (Fsp3) is 0.292. The lowest BCUT2D eigenvalue weighted by atomic mass is 10.1. The van der Waals surface area contributed by atoms with Crippen LogP contribution in [0.15, 0.2) is 46.9 Å². The molecule has 0 unspecified atom stereocenters. The van der Waals surface area contributed by atoms with E-state index in [9.17, 15) is 4.79 Å². The third-order valence-electron chi connectivity index (χ3n) is 5.49. The molecule has 3 aromatic heterocycles. The summed E-state index contributed by atoms with van der Waals surface area (Å²) in [6.45, 7) is 6.86. The number of fused-ring (bicyclic) bond motifs is 1. The molecule has 0 atom stereocenters. The van der Waals surface area contributed by atoms with Gasteiger partial charge in [0, 0.05) is 30.8 Å². The van der Waals surface area contributed by atoms with Gasteiger partial charge in [0.2, 0.25) is 0 Å². The van der Waals surface area contributed by atoms with Crippen LogP contribution >= 0.6 is 22.6 Å². The number of carbonyl (C=O) groups excluding carboxylic acids is 1. The van der Waals surface area contributed by atoms with Crippen LogP contribution in [0.1, 0.15) is 23.0 Å². The van der Waals surface area contributed by atoms with Gasteiger partial charge in [0.15, 0.2) is 20.9 Å². The van der Waals surface area contributed by atoms with Crippen LogP contribution < -0.4 is 4.90 Å². The Morgan fingerprint density at radius 1 is 1.18 bits per heavy atom. The van der Waals surface area contributed by atoms with Gasteiger partial charge < -0.3 is 18.8 Å². The zero-order valence-corrected chi connectivity index (χ0v) is 20.5. The van der Waals surface area contributed by atoms with Crippen molar-refractivity contribution in [3.8, 4) is 17.1 Å². The van der Waals surface area contributed by atoms with E-state index in [1.807, 2.05) is 43.3 Å². The van der Waals surface area contributed by atoms with Crippen LogP contribution in [0.5, 0.6) is 0 Å². The third kappa shape index (κ3) is 4.34. The summed E-state index contributed by atoms with van der Waals surface area (Å²) in [4.78, 5) is 19.8. The van der Waals surface area contributed by atoms with Gasteiger partial charge in [-0.05, 0) is 48.6 Å². The second kappa shape index (κ2) is 9.14. The standard InChI is InChI=1S/C24H23IN4O4/c1-3-32-24(30)20-12-17(16-6-4-5-15(2)11-16)27-29(20)22-14-19(28-7-9-31-10-8-28)23-18(26-22)13-21(25)33-23/h4-6,11-14H,3,7-10H2,1-2H3. The molecule has 0 N–H and O–H groups in total. The van der Waals surface area contributed by atoms with Gasteiger partial charge in [-0.3, -0.25) is 0 Å². The van der Waals surface area contributed by atoms with Gasteiger partial charge in [-0.2, -0.15) is 5.10 Å². The van der Waals surface area contributed by atoms with E-state index in [1.54, 1.807) is 17.7 Å². The summed E-state index contributed by atoms with van der Waals surface area (Å²) in [5, 5.41) is 4.77. The number of morpholine rings is 1. The first-order valence-corrected chi connectivity index (χ1v) is 11.9. The fourth-order valence-electron chi connectivity index (χ4n) is 3.96. The van der Waals surface area contributed by atoms with Crippen LogP contribution in [0.25, 0.3) is 28.2 Å². The smallest absolute Gasteiger partial charge is 0.357 e. The Morgan fingerprint density at radius 3 is 2.76 bits per heavy atom. The van der Waals surface area contributed by atoms with E-state index < -0.39 is 5.97 Å². The largest absolute Gasteiger partial charge is 0.461 e. The maximum absolute atomic E-state index is 12.8. The van der Waals surface area contributed by atoms with Crippen LogP contribution in [0.4, 0.5) is 5.69 Å².